The van der Waals surface area contributed by atoms with Crippen LogP contribution >= 0.6 is 0 Å². The van der Waals surface area contributed by atoms with Gasteiger partial charge in [0.1, 0.15) is 0 Å². The lowest BCUT2D eigenvalue weighted by atomic mass is 9.80. The Morgan fingerprint density at radius 1 is 1.42 bits per heavy atom. The average molecular weight is 175 g/mol. The summed E-state index contributed by atoms with van der Waals surface area (Å²) in [5, 5.41) is 0. The molecule has 0 amide bonds. The fraction of sp³-hybridized carbons (Fsp3) is 0.778. The SMILES string of the molecule is CN1CCC(=C(F)F)C(C)(C)C1. The van der Waals surface area contributed by atoms with Gasteiger partial charge in [-0.25, -0.2) is 0 Å². The molecule has 0 aromatic carbocycles. The van der Waals surface area contributed by atoms with Crippen molar-refractivity contribution in [3.63, 3.8) is 0 Å². The van der Waals surface area contributed by atoms with Gasteiger partial charge in [-0.15, -0.1) is 0 Å². The lowest BCUT2D eigenvalue weighted by Crippen LogP contribution is -2.39. The zero-order valence-corrected chi connectivity index (χ0v) is 7.82. The van der Waals surface area contributed by atoms with Gasteiger partial charge in [0.15, 0.2) is 0 Å². The van der Waals surface area contributed by atoms with Crippen LogP contribution in [0.1, 0.15) is 20.3 Å². The molecule has 0 aromatic rings. The van der Waals surface area contributed by atoms with Crippen molar-refractivity contribution in [3.8, 4) is 0 Å². The highest BCUT2D eigenvalue weighted by molar-refractivity contribution is 5.16. The van der Waals surface area contributed by atoms with Gasteiger partial charge in [-0.1, -0.05) is 13.8 Å². The summed E-state index contributed by atoms with van der Waals surface area (Å²) in [5.74, 6) is 0. The van der Waals surface area contributed by atoms with Crippen molar-refractivity contribution in [2.45, 2.75) is 20.3 Å². The number of hydrogen-bond donors (Lipinski definition) is 0. The maximum Gasteiger partial charge on any atom is 0.270 e. The van der Waals surface area contributed by atoms with E-state index in [1.165, 1.54) is 0 Å². The standard InChI is InChI=1S/C9H15F2N/c1-9(2)6-12(3)5-4-7(9)8(10)11/h4-6H2,1-3H3. The molecule has 0 bridgehead atoms. The van der Waals surface area contributed by atoms with Gasteiger partial charge in [0.05, 0.1) is 0 Å². The number of piperidine rings is 1. The fourth-order valence-electron chi connectivity index (χ4n) is 1.84. The number of likely N-dealkylation sites (tertiary alicyclic amines) is 1. The van der Waals surface area contributed by atoms with Crippen molar-refractivity contribution < 1.29 is 8.78 Å². The third-order valence-electron chi connectivity index (χ3n) is 2.45. The number of rotatable bonds is 0. The van der Waals surface area contributed by atoms with Crippen LogP contribution < -0.4 is 0 Å². The normalized spacial score (nSPS) is 24.2. The molecule has 1 aliphatic rings. The van der Waals surface area contributed by atoms with Gasteiger partial charge in [-0.2, -0.15) is 8.78 Å². The molecule has 3 heteroatoms. The van der Waals surface area contributed by atoms with Crippen LogP contribution in [-0.2, 0) is 0 Å². The predicted molar refractivity (Wildman–Crippen MR) is 45.1 cm³/mol. The second-order valence-electron chi connectivity index (χ2n) is 4.11. The van der Waals surface area contributed by atoms with E-state index in [2.05, 4.69) is 4.90 Å². The first-order valence-corrected chi connectivity index (χ1v) is 4.16. The monoisotopic (exact) mass is 175 g/mol. The van der Waals surface area contributed by atoms with Crippen molar-refractivity contribution in [2.75, 3.05) is 20.1 Å². The summed E-state index contributed by atoms with van der Waals surface area (Å²) in [6.07, 6.45) is -0.973. The molecular weight excluding hydrogens is 160 g/mol. The van der Waals surface area contributed by atoms with Crippen LogP contribution in [0.4, 0.5) is 8.78 Å². The molecule has 70 valence electrons. The van der Waals surface area contributed by atoms with E-state index in [4.69, 9.17) is 0 Å². The molecule has 1 saturated heterocycles. The van der Waals surface area contributed by atoms with Gasteiger partial charge in [0.25, 0.3) is 6.08 Å². The van der Waals surface area contributed by atoms with Crippen LogP contribution in [0.15, 0.2) is 11.7 Å². The lowest BCUT2D eigenvalue weighted by Gasteiger charge is -2.37. The molecule has 1 fully saturated rings. The molecule has 1 rings (SSSR count). The molecule has 0 N–H and O–H groups in total. The van der Waals surface area contributed by atoms with E-state index in [-0.39, 0.29) is 5.41 Å². The summed E-state index contributed by atoms with van der Waals surface area (Å²) in [6, 6.07) is 0. The molecule has 0 radical (unpaired) electrons. The fourth-order valence-corrected chi connectivity index (χ4v) is 1.84. The first kappa shape index (κ1) is 9.65. The Labute approximate surface area is 72.1 Å². The van der Waals surface area contributed by atoms with Crippen LogP contribution in [0.3, 0.4) is 0 Å². The molecule has 0 aliphatic carbocycles. The average Bonchev–Trinajstić information content (AvgIpc) is 1.82. The highest BCUT2D eigenvalue weighted by atomic mass is 19.3. The van der Waals surface area contributed by atoms with Crippen LogP contribution in [-0.4, -0.2) is 25.0 Å². The zero-order valence-electron chi connectivity index (χ0n) is 7.82. The summed E-state index contributed by atoms with van der Waals surface area (Å²) >= 11 is 0. The van der Waals surface area contributed by atoms with Crippen molar-refractivity contribution in [2.24, 2.45) is 5.41 Å². The molecule has 0 atom stereocenters. The second-order valence-corrected chi connectivity index (χ2v) is 4.11. The van der Waals surface area contributed by atoms with E-state index in [0.717, 1.165) is 13.1 Å². The van der Waals surface area contributed by atoms with Crippen molar-refractivity contribution in [1.29, 1.82) is 0 Å². The summed E-state index contributed by atoms with van der Waals surface area (Å²) in [6.45, 7) is 5.21. The minimum Gasteiger partial charge on any atom is -0.305 e. The maximum absolute atomic E-state index is 12.4. The van der Waals surface area contributed by atoms with E-state index in [9.17, 15) is 8.78 Å². The molecule has 1 heterocycles. The van der Waals surface area contributed by atoms with E-state index >= 15 is 0 Å². The Hall–Kier alpha value is -0.440. The molecule has 0 spiro atoms. The minimum absolute atomic E-state index is 0.334. The number of nitrogens with zero attached hydrogens (tertiary/aromatic N) is 1. The summed E-state index contributed by atoms with van der Waals surface area (Å²) < 4.78 is 24.8. The first-order chi connectivity index (χ1) is 5.43. The Bertz CT molecular complexity index is 205. The van der Waals surface area contributed by atoms with Crippen LogP contribution in [0, 0.1) is 5.41 Å². The molecule has 0 aromatic heterocycles. The minimum atomic E-state index is -1.48. The second kappa shape index (κ2) is 3.13. The van der Waals surface area contributed by atoms with Crippen molar-refractivity contribution in [1.82, 2.24) is 4.90 Å². The summed E-state index contributed by atoms with van der Waals surface area (Å²) in [5.41, 5.74) is -0.0214. The van der Waals surface area contributed by atoms with Gasteiger partial charge >= 0.3 is 0 Å². The highest BCUT2D eigenvalue weighted by Crippen LogP contribution is 2.36. The van der Waals surface area contributed by atoms with Crippen molar-refractivity contribution in [3.05, 3.63) is 11.7 Å². The third-order valence-corrected chi connectivity index (χ3v) is 2.45. The lowest BCUT2D eigenvalue weighted by molar-refractivity contribution is 0.186. The molecule has 0 saturated carbocycles. The Kier molecular flexibility index (Phi) is 2.52. The van der Waals surface area contributed by atoms with Crippen LogP contribution in [0.2, 0.25) is 0 Å². The molecule has 0 unspecified atom stereocenters. The van der Waals surface area contributed by atoms with Gasteiger partial charge < -0.3 is 4.90 Å². The van der Waals surface area contributed by atoms with Crippen LogP contribution in [0.25, 0.3) is 0 Å². The van der Waals surface area contributed by atoms with Gasteiger partial charge in [-0.3, -0.25) is 0 Å². The van der Waals surface area contributed by atoms with Crippen LogP contribution in [0.5, 0.6) is 0 Å². The van der Waals surface area contributed by atoms with Gasteiger partial charge in [0.2, 0.25) is 0 Å². The third kappa shape index (κ3) is 1.83. The van der Waals surface area contributed by atoms with Crippen molar-refractivity contribution >= 4 is 0 Å². The first-order valence-electron chi connectivity index (χ1n) is 4.16. The predicted octanol–water partition coefficient (Wildman–Crippen LogP) is 2.50. The summed E-state index contributed by atoms with van der Waals surface area (Å²) in [4.78, 5) is 2.09. The molecule has 1 nitrogen and oxygen atoms in total. The van der Waals surface area contributed by atoms with E-state index in [1.807, 2.05) is 20.9 Å². The Balaban J connectivity index is 2.85. The Morgan fingerprint density at radius 3 is 2.42 bits per heavy atom. The van der Waals surface area contributed by atoms with Gasteiger partial charge in [-0.05, 0) is 13.5 Å². The van der Waals surface area contributed by atoms with Gasteiger partial charge in [0, 0.05) is 24.1 Å². The smallest absolute Gasteiger partial charge is 0.270 e. The quantitative estimate of drug-likeness (QED) is 0.546. The molecule has 12 heavy (non-hydrogen) atoms. The maximum atomic E-state index is 12.4. The highest BCUT2D eigenvalue weighted by Gasteiger charge is 2.32. The number of halogens is 2. The largest absolute Gasteiger partial charge is 0.305 e. The van der Waals surface area contributed by atoms with E-state index in [0.29, 0.717) is 12.0 Å². The topological polar surface area (TPSA) is 3.24 Å². The summed E-state index contributed by atoms with van der Waals surface area (Å²) in [7, 11) is 1.97. The number of hydrogen-bond acceptors (Lipinski definition) is 1. The van der Waals surface area contributed by atoms with E-state index < -0.39 is 6.08 Å². The molecular formula is C9H15F2N. The Morgan fingerprint density at radius 2 is 2.00 bits per heavy atom. The van der Waals surface area contributed by atoms with E-state index in [1.54, 1.807) is 0 Å². The molecule has 1 aliphatic heterocycles. The zero-order chi connectivity index (χ0) is 9.35.